The van der Waals surface area contributed by atoms with Gasteiger partial charge in [0, 0.05) is 53.6 Å². The molecule has 1 fully saturated rings. The highest BCUT2D eigenvalue weighted by molar-refractivity contribution is 6.71. The summed E-state index contributed by atoms with van der Waals surface area (Å²) in [6.07, 6.45) is -0.338. The minimum atomic E-state index is -3.17. The second-order valence-electron chi connectivity index (χ2n) is 13.9. The quantitative estimate of drug-likeness (QED) is 0.0778. The Morgan fingerprint density at radius 3 is 2.27 bits per heavy atom. The third-order valence-electron chi connectivity index (χ3n) is 10.2. The van der Waals surface area contributed by atoms with Crippen molar-refractivity contribution in [3.8, 4) is 0 Å². The number of nitro benzene ring substituents is 1. The van der Waals surface area contributed by atoms with Crippen molar-refractivity contribution in [3.63, 3.8) is 0 Å². The fraction of sp³-hybridized carbons (Fsp3) is 0.308. The zero-order valence-electron chi connectivity index (χ0n) is 29.3. The van der Waals surface area contributed by atoms with Crippen molar-refractivity contribution in [2.75, 3.05) is 23.0 Å². The van der Waals surface area contributed by atoms with Crippen molar-refractivity contribution in [2.24, 2.45) is 5.92 Å². The highest BCUT2D eigenvalue weighted by Crippen LogP contribution is 2.60. The number of hydrogen-bond acceptors (Lipinski definition) is 8. The highest BCUT2D eigenvalue weighted by Gasteiger charge is 2.66. The molecule has 2 aliphatic heterocycles. The van der Waals surface area contributed by atoms with Gasteiger partial charge in [-0.15, -0.1) is 0 Å². The van der Waals surface area contributed by atoms with E-state index >= 15 is 0 Å². The number of carbonyl (C=O) groups is 3. The maximum Gasteiger partial charge on any atom is 0.269 e. The number of benzene rings is 4. The second-order valence-corrected chi connectivity index (χ2v) is 17.9. The molecule has 1 saturated heterocycles. The lowest BCUT2D eigenvalue weighted by Crippen LogP contribution is -2.46. The topological polar surface area (TPSA) is 154 Å². The SMILES string of the molecule is C[C@H]1[C@H]([Si](C)(C)O)[C@@H](CC(=O)N(CCO)Cc2ccccc2)O[C@]12C(=O)N(Cc1cccc(N(C=O)c3ccccc3)c1)c1ccc([N+](=O)[O-])cc12. The van der Waals surface area contributed by atoms with Gasteiger partial charge in [-0.25, -0.2) is 0 Å². The Kier molecular flexibility index (Phi) is 10.4. The van der Waals surface area contributed by atoms with Crippen molar-refractivity contribution >= 4 is 49.3 Å². The van der Waals surface area contributed by atoms with E-state index in [1.807, 2.05) is 73.7 Å². The molecule has 0 saturated carbocycles. The summed E-state index contributed by atoms with van der Waals surface area (Å²) in [4.78, 5) is 68.8. The first-order chi connectivity index (χ1) is 24.9. The van der Waals surface area contributed by atoms with Crippen molar-refractivity contribution in [2.45, 2.75) is 56.8 Å². The number of ether oxygens (including phenoxy) is 1. The summed E-state index contributed by atoms with van der Waals surface area (Å²) in [7, 11) is -3.17. The molecular weight excluding hydrogens is 681 g/mol. The number of anilines is 3. The molecule has 3 amide bonds. The van der Waals surface area contributed by atoms with Crippen LogP contribution in [0.2, 0.25) is 18.6 Å². The van der Waals surface area contributed by atoms with Gasteiger partial charge in [0.1, 0.15) is 0 Å². The van der Waals surface area contributed by atoms with Gasteiger partial charge in [0.05, 0.1) is 36.3 Å². The summed E-state index contributed by atoms with van der Waals surface area (Å²) < 4.78 is 6.79. The van der Waals surface area contributed by atoms with Crippen LogP contribution in [0, 0.1) is 16.0 Å². The van der Waals surface area contributed by atoms with E-state index in [-0.39, 0.29) is 44.3 Å². The molecule has 13 heteroatoms. The van der Waals surface area contributed by atoms with E-state index in [1.54, 1.807) is 37.4 Å². The number of carbonyl (C=O) groups excluding carboxylic acids is 3. The van der Waals surface area contributed by atoms with Crippen molar-refractivity contribution < 1.29 is 33.9 Å². The summed E-state index contributed by atoms with van der Waals surface area (Å²) in [5.74, 6) is -1.43. The molecule has 1 spiro atoms. The molecule has 0 aromatic heterocycles. The number of hydrogen-bond donors (Lipinski definition) is 2. The fourth-order valence-corrected chi connectivity index (χ4v) is 10.5. The molecule has 2 heterocycles. The number of nitro groups is 1. The van der Waals surface area contributed by atoms with E-state index in [0.717, 1.165) is 12.0 Å². The van der Waals surface area contributed by atoms with Gasteiger partial charge in [-0.3, -0.25) is 29.4 Å². The summed E-state index contributed by atoms with van der Waals surface area (Å²) in [5, 5.41) is 21.9. The van der Waals surface area contributed by atoms with E-state index < -0.39 is 42.3 Å². The average Bonchev–Trinajstić information content (AvgIpc) is 3.55. The minimum Gasteiger partial charge on any atom is -0.432 e. The van der Waals surface area contributed by atoms with Crippen molar-refractivity contribution in [1.82, 2.24) is 4.90 Å². The molecule has 52 heavy (non-hydrogen) atoms. The number of aliphatic hydroxyl groups excluding tert-OH is 1. The lowest BCUT2D eigenvalue weighted by Gasteiger charge is -2.32. The first-order valence-corrected chi connectivity index (χ1v) is 20.2. The predicted molar refractivity (Wildman–Crippen MR) is 198 cm³/mol. The summed E-state index contributed by atoms with van der Waals surface area (Å²) >= 11 is 0. The molecule has 2 aliphatic rings. The van der Waals surface area contributed by atoms with Crippen LogP contribution in [-0.2, 0) is 37.8 Å². The van der Waals surface area contributed by atoms with Crippen LogP contribution < -0.4 is 9.80 Å². The Morgan fingerprint density at radius 2 is 1.63 bits per heavy atom. The summed E-state index contributed by atoms with van der Waals surface area (Å²) in [6.45, 7) is 5.44. The van der Waals surface area contributed by atoms with Gasteiger partial charge in [-0.2, -0.15) is 0 Å². The maximum absolute atomic E-state index is 14.9. The van der Waals surface area contributed by atoms with Gasteiger partial charge in [-0.1, -0.05) is 67.6 Å². The van der Waals surface area contributed by atoms with E-state index in [9.17, 15) is 34.4 Å². The lowest BCUT2D eigenvalue weighted by atomic mass is 9.82. The van der Waals surface area contributed by atoms with Gasteiger partial charge in [0.2, 0.25) is 12.3 Å². The number of nitrogens with zero attached hydrogens (tertiary/aromatic N) is 4. The first kappa shape index (κ1) is 36.6. The molecule has 270 valence electrons. The number of aliphatic hydroxyl groups is 1. The maximum atomic E-state index is 14.9. The first-order valence-electron chi connectivity index (χ1n) is 17.2. The molecule has 4 aromatic rings. The Morgan fingerprint density at radius 1 is 0.981 bits per heavy atom. The molecule has 0 bridgehead atoms. The normalized spacial score (nSPS) is 20.9. The number of fused-ring (bicyclic) bond motifs is 2. The predicted octanol–water partition coefficient (Wildman–Crippen LogP) is 5.65. The zero-order chi connectivity index (χ0) is 37.2. The van der Waals surface area contributed by atoms with Crippen molar-refractivity contribution in [1.29, 1.82) is 0 Å². The largest absolute Gasteiger partial charge is 0.432 e. The van der Waals surface area contributed by atoms with Crippen LogP contribution in [0.4, 0.5) is 22.7 Å². The Bertz CT molecular complexity index is 1960. The number of amides is 3. The van der Waals surface area contributed by atoms with Crippen LogP contribution in [0.1, 0.15) is 30.0 Å². The highest BCUT2D eigenvalue weighted by atomic mass is 28.4. The van der Waals surface area contributed by atoms with E-state index in [1.165, 1.54) is 26.8 Å². The third kappa shape index (κ3) is 6.87. The fourth-order valence-electron chi connectivity index (χ4n) is 7.90. The van der Waals surface area contributed by atoms with Gasteiger partial charge in [0.25, 0.3) is 11.6 Å². The number of non-ortho nitro benzene ring substituents is 1. The van der Waals surface area contributed by atoms with Crippen LogP contribution in [0.15, 0.2) is 103 Å². The molecule has 2 N–H and O–H groups in total. The summed E-state index contributed by atoms with van der Waals surface area (Å²) in [5.41, 5.74) is 1.02. The third-order valence-corrected chi connectivity index (χ3v) is 12.7. The van der Waals surface area contributed by atoms with Gasteiger partial charge in [-0.05, 0) is 54.6 Å². The Hall–Kier alpha value is -5.21. The number of rotatable bonds is 13. The molecule has 0 unspecified atom stereocenters. The number of para-hydroxylation sites is 1. The minimum absolute atomic E-state index is 0.0619. The lowest BCUT2D eigenvalue weighted by molar-refractivity contribution is -0.385. The molecule has 0 aliphatic carbocycles. The molecule has 0 radical (unpaired) electrons. The zero-order valence-corrected chi connectivity index (χ0v) is 30.3. The van der Waals surface area contributed by atoms with Crippen LogP contribution in [0.25, 0.3) is 0 Å². The molecule has 4 atom stereocenters. The monoisotopic (exact) mass is 722 g/mol. The van der Waals surface area contributed by atoms with E-state index in [2.05, 4.69) is 0 Å². The van der Waals surface area contributed by atoms with Gasteiger partial charge in [0.15, 0.2) is 13.9 Å². The van der Waals surface area contributed by atoms with Gasteiger partial charge >= 0.3 is 0 Å². The second kappa shape index (κ2) is 14.8. The van der Waals surface area contributed by atoms with Crippen LogP contribution in [0.3, 0.4) is 0 Å². The smallest absolute Gasteiger partial charge is 0.269 e. The molecule has 4 aromatic carbocycles. The van der Waals surface area contributed by atoms with E-state index in [0.29, 0.717) is 28.2 Å². The van der Waals surface area contributed by atoms with Crippen molar-refractivity contribution in [3.05, 3.63) is 130 Å². The average molecular weight is 723 g/mol. The Balaban J connectivity index is 1.37. The van der Waals surface area contributed by atoms with Gasteiger partial charge < -0.3 is 24.4 Å². The Labute approximate surface area is 303 Å². The van der Waals surface area contributed by atoms with Crippen LogP contribution >= 0.6 is 0 Å². The van der Waals surface area contributed by atoms with E-state index in [4.69, 9.17) is 4.74 Å². The van der Waals surface area contributed by atoms with Crippen LogP contribution in [-0.4, -0.2) is 65.5 Å². The standard InChI is InChI=1S/C39H42N4O8Si/c1-27-37(52(2,3)50)35(23-36(46)40(19-20-44)24-28-11-6-4-7-12-28)51-39(27)33-22-32(43(48)49)17-18-34(33)41(38(39)47)25-29-13-10-16-31(21-29)42(26-45)30-14-8-5-9-15-30/h4-18,21-22,26-27,35,37,44,50H,19-20,23-25H2,1-3H3/t27-,35+,37-,39+/m0/s1. The molecule has 12 nitrogen and oxygen atoms in total. The molecular formula is C39H42N4O8Si. The summed E-state index contributed by atoms with van der Waals surface area (Å²) in [6, 6.07) is 30.0. The van der Waals surface area contributed by atoms with Crippen LogP contribution in [0.5, 0.6) is 0 Å². The molecule has 6 rings (SSSR count).